The van der Waals surface area contributed by atoms with Crippen LogP contribution in [0.3, 0.4) is 0 Å². The van der Waals surface area contributed by atoms with Gasteiger partial charge in [0.1, 0.15) is 0 Å². The van der Waals surface area contributed by atoms with Gasteiger partial charge >= 0.3 is 32.7 Å². The van der Waals surface area contributed by atoms with Crippen LogP contribution in [0.4, 0.5) is 0 Å². The van der Waals surface area contributed by atoms with Crippen LogP contribution in [-0.2, 0) is 32.7 Å². The van der Waals surface area contributed by atoms with Gasteiger partial charge in [-0.1, -0.05) is 9.50 Å². The third-order valence-electron chi connectivity index (χ3n) is 0.718. The number of benzene rings is 1. The molecule has 0 aromatic heterocycles. The van der Waals surface area contributed by atoms with Crippen molar-refractivity contribution in [3.8, 4) is 0 Å². The van der Waals surface area contributed by atoms with Crippen molar-refractivity contribution >= 4 is 27.5 Å². The van der Waals surface area contributed by atoms with Gasteiger partial charge in [0.2, 0.25) is 0 Å². The third-order valence-corrected chi connectivity index (χ3v) is 1.39. The zero-order chi connectivity index (χ0) is 5.98. The molecule has 11 heavy (non-hydrogen) atoms. The fourth-order valence-corrected chi connectivity index (χ4v) is 1.11. The predicted molar refractivity (Wildman–Crippen MR) is 50.8 cm³/mol. The molecule has 0 spiro atoms. The number of halogens is 2. The normalized spacial score (nSPS) is 6.73. The summed E-state index contributed by atoms with van der Waals surface area (Å²) in [5.74, 6) is 0. The van der Waals surface area contributed by atoms with E-state index < -0.39 is 0 Å². The van der Waals surface area contributed by atoms with Crippen LogP contribution in [0.5, 0.6) is 0 Å². The topological polar surface area (TPSA) is 0 Å². The third kappa shape index (κ3) is 7.45. The molecule has 0 amide bonds. The number of hydrogen-bond acceptors (Lipinski definition) is 0. The molecule has 0 aliphatic rings. The Morgan fingerprint density at radius 1 is 1.27 bits per heavy atom. The van der Waals surface area contributed by atoms with E-state index >= 15 is 0 Å². The van der Waals surface area contributed by atoms with E-state index in [1.807, 2.05) is 12.1 Å². The van der Waals surface area contributed by atoms with E-state index in [-0.39, 0.29) is 47.6 Å². The Labute approximate surface area is 108 Å². The molecular weight excluding hydrogens is 300 g/mol. The Balaban J connectivity index is -0.000000213. The monoisotopic (exact) mass is 308 g/mol. The molecule has 0 bridgehead atoms. The first-order valence-corrected chi connectivity index (χ1v) is 3.28. The van der Waals surface area contributed by atoms with Crippen molar-refractivity contribution in [2.75, 3.05) is 0 Å². The SMILES string of the molecule is Clc1c[c-]cc(Br)c1.[CH3-].[CH3-].[Y+3]. The summed E-state index contributed by atoms with van der Waals surface area (Å²) >= 11 is 8.83. The Hall–Kier alpha value is 1.09. The fraction of sp³-hybridized carbons (Fsp3) is 0. The van der Waals surface area contributed by atoms with Gasteiger partial charge in [0.05, 0.1) is 0 Å². The summed E-state index contributed by atoms with van der Waals surface area (Å²) in [6, 6.07) is 8.19. The summed E-state index contributed by atoms with van der Waals surface area (Å²) in [6.07, 6.45) is 0. The molecule has 0 nitrogen and oxygen atoms in total. The molecule has 0 heterocycles. The van der Waals surface area contributed by atoms with Crippen molar-refractivity contribution in [2.45, 2.75) is 0 Å². The maximum Gasteiger partial charge on any atom is 3.00 e. The van der Waals surface area contributed by atoms with E-state index in [9.17, 15) is 0 Å². The molecule has 0 unspecified atom stereocenters. The zero-order valence-electron chi connectivity index (χ0n) is 6.57. The summed E-state index contributed by atoms with van der Waals surface area (Å²) in [4.78, 5) is 0. The van der Waals surface area contributed by atoms with Crippen molar-refractivity contribution in [2.24, 2.45) is 0 Å². The van der Waals surface area contributed by atoms with Crippen LogP contribution in [0.2, 0.25) is 5.02 Å². The van der Waals surface area contributed by atoms with Crippen molar-refractivity contribution in [3.63, 3.8) is 0 Å². The van der Waals surface area contributed by atoms with Gasteiger partial charge in [0, 0.05) is 0 Å². The van der Waals surface area contributed by atoms with E-state index in [1.165, 1.54) is 0 Å². The molecule has 0 atom stereocenters. The van der Waals surface area contributed by atoms with Crippen LogP contribution in [-0.4, -0.2) is 0 Å². The van der Waals surface area contributed by atoms with E-state index in [1.54, 1.807) is 6.07 Å². The van der Waals surface area contributed by atoms with Gasteiger partial charge in [-0.15, -0.1) is 22.0 Å². The van der Waals surface area contributed by atoms with Crippen LogP contribution in [0.15, 0.2) is 22.7 Å². The second kappa shape index (κ2) is 9.18. The minimum Gasteiger partial charge on any atom is -0.358 e. The minimum absolute atomic E-state index is 0. The molecule has 0 radical (unpaired) electrons. The van der Waals surface area contributed by atoms with Gasteiger partial charge in [-0.25, -0.2) is 0 Å². The largest absolute Gasteiger partial charge is 3.00 e. The minimum atomic E-state index is 0. The molecule has 0 fully saturated rings. The van der Waals surface area contributed by atoms with Gasteiger partial charge in [0.15, 0.2) is 0 Å². The molecule has 0 aliphatic carbocycles. The van der Waals surface area contributed by atoms with Crippen LogP contribution in [0, 0.1) is 20.9 Å². The van der Waals surface area contributed by atoms with Crippen LogP contribution < -0.4 is 0 Å². The molecular formula is C8H9BrClY. The summed E-state index contributed by atoms with van der Waals surface area (Å²) in [6.45, 7) is 0. The molecule has 1 rings (SSSR count). The van der Waals surface area contributed by atoms with Crippen molar-refractivity contribution in [3.05, 3.63) is 48.6 Å². The van der Waals surface area contributed by atoms with Crippen LogP contribution in [0.1, 0.15) is 0 Å². The van der Waals surface area contributed by atoms with Gasteiger partial charge in [-0.05, 0) is 0 Å². The van der Waals surface area contributed by atoms with Crippen molar-refractivity contribution in [1.29, 1.82) is 0 Å². The second-order valence-electron chi connectivity index (χ2n) is 1.37. The van der Waals surface area contributed by atoms with Crippen LogP contribution in [0.25, 0.3) is 0 Å². The first-order chi connectivity index (χ1) is 3.79. The van der Waals surface area contributed by atoms with Crippen molar-refractivity contribution in [1.82, 2.24) is 0 Å². The summed E-state index contributed by atoms with van der Waals surface area (Å²) in [5, 5.41) is 0.708. The van der Waals surface area contributed by atoms with Crippen molar-refractivity contribution < 1.29 is 32.7 Å². The fourth-order valence-electron chi connectivity index (χ4n) is 0.416. The smallest absolute Gasteiger partial charge is 0.358 e. The average molecular weight is 309 g/mol. The molecule has 1 aromatic carbocycles. The predicted octanol–water partition coefficient (Wildman–Crippen LogP) is 3.80. The van der Waals surface area contributed by atoms with Crippen LogP contribution >= 0.6 is 27.5 Å². The Morgan fingerprint density at radius 2 is 1.82 bits per heavy atom. The molecule has 58 valence electrons. The summed E-state index contributed by atoms with van der Waals surface area (Å²) in [5.41, 5.74) is 0. The number of rotatable bonds is 0. The number of hydrogen-bond donors (Lipinski definition) is 0. The molecule has 0 saturated carbocycles. The van der Waals surface area contributed by atoms with E-state index in [0.717, 1.165) is 4.47 Å². The van der Waals surface area contributed by atoms with E-state index in [4.69, 9.17) is 11.6 Å². The summed E-state index contributed by atoms with van der Waals surface area (Å²) in [7, 11) is 0. The molecule has 0 saturated heterocycles. The first-order valence-electron chi connectivity index (χ1n) is 2.11. The Morgan fingerprint density at radius 3 is 2.09 bits per heavy atom. The molecule has 1 aromatic rings. The van der Waals surface area contributed by atoms with Gasteiger partial charge in [-0.3, -0.25) is 0 Å². The van der Waals surface area contributed by atoms with Gasteiger partial charge < -0.3 is 14.9 Å². The maximum absolute atomic E-state index is 5.58. The molecule has 0 N–H and O–H groups in total. The zero-order valence-corrected chi connectivity index (χ0v) is 11.7. The Bertz CT molecular complexity index is 174. The second-order valence-corrected chi connectivity index (χ2v) is 2.72. The molecule has 3 heteroatoms. The maximum atomic E-state index is 5.58. The molecule has 0 aliphatic heterocycles. The van der Waals surface area contributed by atoms with Gasteiger partial charge in [-0.2, -0.15) is 29.8 Å². The first kappa shape index (κ1) is 18.0. The standard InChI is InChI=1S/C6H3BrCl.2CH3.Y/c7-5-2-1-3-6(8)4-5;;;/h2-4H;2*1H3;/q3*-1;+3. The van der Waals surface area contributed by atoms with E-state index in [2.05, 4.69) is 22.0 Å². The van der Waals surface area contributed by atoms with Gasteiger partial charge in [0.25, 0.3) is 0 Å². The average Bonchev–Trinajstić information content (AvgIpc) is 1.64. The Kier molecular flexibility index (Phi) is 15.0. The quantitative estimate of drug-likeness (QED) is 0.640. The van der Waals surface area contributed by atoms with E-state index in [0.29, 0.717) is 5.02 Å². The summed E-state index contributed by atoms with van der Waals surface area (Å²) < 4.78 is 0.963.